The number of nitrogens with zero attached hydrogens (tertiary/aromatic N) is 4. The Balaban J connectivity index is 3.94. The highest BCUT2D eigenvalue weighted by molar-refractivity contribution is 5.83. The van der Waals surface area contributed by atoms with Gasteiger partial charge in [-0.25, -0.2) is 0 Å². The van der Waals surface area contributed by atoms with Crippen molar-refractivity contribution in [3.05, 3.63) is 28.1 Å². The number of benzene rings is 1. The van der Waals surface area contributed by atoms with Crippen molar-refractivity contribution in [1.29, 1.82) is 0 Å². The third kappa shape index (κ3) is 2.62. The first kappa shape index (κ1) is 18.5. The van der Waals surface area contributed by atoms with Crippen LogP contribution in [0.25, 0.3) is 0 Å². The molecule has 4 N–H and O–H groups in total. The second kappa shape index (κ2) is 7.17. The van der Waals surface area contributed by atoms with Gasteiger partial charge in [-0.1, -0.05) is 0 Å². The van der Waals surface area contributed by atoms with Gasteiger partial charge in [-0.3, -0.25) is 4.79 Å². The average Bonchev–Trinajstić information content (AvgIpc) is 2.60. The maximum absolute atomic E-state index is 11.9. The van der Waals surface area contributed by atoms with Crippen LogP contribution in [-0.4, -0.2) is 47.4 Å². The van der Waals surface area contributed by atoms with E-state index in [0.29, 0.717) is 0 Å². The number of carbonyl (C=O) groups excluding carboxylic acids is 1. The number of rotatable bonds is 7. The molecular formula is C11H15N5O8. The highest BCUT2D eigenvalue weighted by Gasteiger charge is 2.63. The lowest BCUT2D eigenvalue weighted by molar-refractivity contribution is -0.839. The van der Waals surface area contributed by atoms with Crippen LogP contribution in [0.15, 0.2) is 22.7 Å². The summed E-state index contributed by atoms with van der Waals surface area (Å²) < 4.78 is 15.1. The second-order valence-corrected chi connectivity index (χ2v) is 4.18. The van der Waals surface area contributed by atoms with Crippen molar-refractivity contribution in [3.8, 4) is 17.2 Å². The Morgan fingerprint density at radius 3 is 1.75 bits per heavy atom. The zero-order chi connectivity index (χ0) is 18.5. The van der Waals surface area contributed by atoms with Gasteiger partial charge in [0.2, 0.25) is 16.3 Å². The molecule has 0 aliphatic carbocycles. The molecular weight excluding hydrogens is 330 g/mol. The van der Waals surface area contributed by atoms with Crippen LogP contribution in [0.4, 0.5) is 0 Å². The van der Waals surface area contributed by atoms with Gasteiger partial charge < -0.3 is 40.8 Å². The minimum absolute atomic E-state index is 0.0462. The number of amides is 1. The summed E-state index contributed by atoms with van der Waals surface area (Å²) in [6, 6.07) is 2.05. The number of ether oxygens (including phenoxy) is 3. The lowest BCUT2D eigenvalue weighted by atomic mass is 9.98. The molecule has 1 aromatic rings. The fraction of sp³-hybridized carbons (Fsp3) is 0.364. The molecule has 0 saturated carbocycles. The molecule has 0 bridgehead atoms. The predicted molar refractivity (Wildman–Crippen MR) is 72.7 cm³/mol. The van der Waals surface area contributed by atoms with E-state index in [9.17, 15) is 15.2 Å². The molecule has 0 unspecified atom stereocenters. The van der Waals surface area contributed by atoms with Crippen molar-refractivity contribution in [3.63, 3.8) is 0 Å². The molecule has 1 amide bonds. The van der Waals surface area contributed by atoms with Gasteiger partial charge in [0.1, 0.15) is 5.56 Å². The van der Waals surface area contributed by atoms with Gasteiger partial charge >= 0.3 is 11.6 Å². The smallest absolute Gasteiger partial charge is 0.529 e. The normalized spacial score (nSPS) is 14.6. The highest BCUT2D eigenvalue weighted by Crippen LogP contribution is 2.42. The van der Waals surface area contributed by atoms with Crippen LogP contribution in [-0.2, 0) is 10.5 Å². The number of nitrogens with two attached hydrogens (primary N) is 1. The molecule has 0 aliphatic heterocycles. The Bertz CT molecular complexity index is 646. The van der Waals surface area contributed by atoms with Crippen LogP contribution in [0.3, 0.4) is 0 Å². The second-order valence-electron chi connectivity index (χ2n) is 4.18. The van der Waals surface area contributed by atoms with Crippen LogP contribution < -0.4 is 19.9 Å². The number of carbonyl (C=O) groups is 1. The summed E-state index contributed by atoms with van der Waals surface area (Å²) in [7, 11) is 3.78. The fourth-order valence-corrected chi connectivity index (χ4v) is 2.04. The molecule has 13 nitrogen and oxygen atoms in total. The lowest BCUT2D eigenvalue weighted by Crippen LogP contribution is -2.54. The van der Waals surface area contributed by atoms with E-state index < -0.39 is 26.9 Å². The number of hydroxylamine groups is 2. The SMILES string of the molecule is COc1cc(C(C(N)=O)([N+]([O-])=NO)[N+]([O-])=NO)cc(OC)c1OC. The van der Waals surface area contributed by atoms with Gasteiger partial charge in [-0.2, -0.15) is 0 Å². The van der Waals surface area contributed by atoms with Gasteiger partial charge in [0.15, 0.2) is 11.5 Å². The van der Waals surface area contributed by atoms with Gasteiger partial charge in [-0.15, -0.1) is 0 Å². The van der Waals surface area contributed by atoms with Crippen LogP contribution in [0.5, 0.6) is 17.2 Å². The van der Waals surface area contributed by atoms with Crippen LogP contribution in [0.2, 0.25) is 0 Å². The first-order chi connectivity index (χ1) is 11.3. The van der Waals surface area contributed by atoms with Crippen LogP contribution in [0.1, 0.15) is 5.56 Å². The Morgan fingerprint density at radius 1 is 1.08 bits per heavy atom. The van der Waals surface area contributed by atoms with Crippen molar-refractivity contribution in [2.45, 2.75) is 5.66 Å². The summed E-state index contributed by atoms with van der Waals surface area (Å²) >= 11 is 0. The van der Waals surface area contributed by atoms with E-state index in [4.69, 9.17) is 30.4 Å². The molecule has 24 heavy (non-hydrogen) atoms. The van der Waals surface area contributed by atoms with Gasteiger partial charge in [0.05, 0.1) is 21.3 Å². The summed E-state index contributed by atoms with van der Waals surface area (Å²) in [5.74, 6) is -1.61. The molecule has 0 saturated heterocycles. The van der Waals surface area contributed by atoms with Gasteiger partial charge in [0.25, 0.3) is 0 Å². The van der Waals surface area contributed by atoms with Gasteiger partial charge in [-0.05, 0) is 0 Å². The number of hydrogen-bond donors (Lipinski definition) is 3. The molecule has 0 aliphatic rings. The average molecular weight is 345 g/mol. The molecule has 0 heterocycles. The maximum atomic E-state index is 11.9. The molecule has 1 rings (SSSR count). The van der Waals surface area contributed by atoms with E-state index >= 15 is 0 Å². The van der Waals surface area contributed by atoms with Crippen molar-refractivity contribution in [1.82, 2.24) is 0 Å². The summed E-state index contributed by atoms with van der Waals surface area (Å²) in [5.41, 5.74) is 1.59. The van der Waals surface area contributed by atoms with E-state index in [1.54, 1.807) is 0 Å². The first-order valence-corrected chi connectivity index (χ1v) is 6.10. The van der Waals surface area contributed by atoms with E-state index in [2.05, 4.69) is 10.6 Å². The molecule has 0 spiro atoms. The largest absolute Gasteiger partial charge is 0.591 e. The van der Waals surface area contributed by atoms with E-state index in [-0.39, 0.29) is 17.2 Å². The number of methoxy groups -OCH3 is 3. The quantitative estimate of drug-likeness (QED) is 0.267. The summed E-state index contributed by atoms with van der Waals surface area (Å²) in [6.45, 7) is 0. The molecule has 0 atom stereocenters. The number of primary amides is 1. The zero-order valence-corrected chi connectivity index (χ0v) is 12.9. The van der Waals surface area contributed by atoms with Crippen molar-refractivity contribution in [2.75, 3.05) is 21.3 Å². The predicted octanol–water partition coefficient (Wildman–Crippen LogP) is 0.0539. The minimum atomic E-state index is -3.07. The zero-order valence-electron chi connectivity index (χ0n) is 12.9. The Kier molecular flexibility index (Phi) is 5.54. The Labute approximate surface area is 134 Å². The standard InChI is InChI=1S/C11H15N5O8/c1-22-7-4-6(5-8(23-2)9(7)24-3)11(10(12)17,15(20)13-18)16(21)14-19/h4-5,18-19H,1-3H3,(H2,12,17). The van der Waals surface area contributed by atoms with Crippen LogP contribution >= 0.6 is 0 Å². The molecule has 13 heteroatoms. The van der Waals surface area contributed by atoms with Crippen molar-refractivity contribution < 1.29 is 39.1 Å². The molecule has 0 aromatic heterocycles. The summed E-state index contributed by atoms with van der Waals surface area (Å²) in [6.07, 6.45) is 0. The topological polar surface area (TPSA) is 188 Å². The van der Waals surface area contributed by atoms with E-state index in [1.165, 1.54) is 21.3 Å². The molecule has 0 fully saturated rings. The summed E-state index contributed by atoms with van der Waals surface area (Å²) in [4.78, 5) is 10.4. The molecule has 132 valence electrons. The minimum Gasteiger partial charge on any atom is -0.591 e. The lowest BCUT2D eigenvalue weighted by Gasteiger charge is -2.22. The highest BCUT2D eigenvalue weighted by atomic mass is 16.6. The Morgan fingerprint density at radius 2 is 1.50 bits per heavy atom. The fourth-order valence-electron chi connectivity index (χ4n) is 2.04. The van der Waals surface area contributed by atoms with Gasteiger partial charge in [0, 0.05) is 21.9 Å². The monoisotopic (exact) mass is 345 g/mol. The Hall–Kier alpha value is -3.51. The molecule has 1 aromatic carbocycles. The van der Waals surface area contributed by atoms with Crippen LogP contribution in [0, 0.1) is 10.4 Å². The van der Waals surface area contributed by atoms with E-state index in [0.717, 1.165) is 12.1 Å². The maximum Gasteiger partial charge on any atom is 0.529 e. The van der Waals surface area contributed by atoms with E-state index in [1.807, 2.05) is 0 Å². The first-order valence-electron chi connectivity index (χ1n) is 6.10. The van der Waals surface area contributed by atoms with Crippen molar-refractivity contribution in [2.24, 2.45) is 16.3 Å². The third-order valence-corrected chi connectivity index (χ3v) is 3.13. The number of hydrogen-bond acceptors (Lipinski definition) is 8. The summed E-state index contributed by atoms with van der Waals surface area (Å²) in [5, 5.41) is 45.7. The third-order valence-electron chi connectivity index (χ3n) is 3.13. The molecule has 0 radical (unpaired) electrons. The van der Waals surface area contributed by atoms with Crippen molar-refractivity contribution >= 4 is 5.91 Å².